The summed E-state index contributed by atoms with van der Waals surface area (Å²) in [7, 11) is 1.41. The van der Waals surface area contributed by atoms with E-state index in [4.69, 9.17) is 21.1 Å². The smallest absolute Gasteiger partial charge is 0.308 e. The van der Waals surface area contributed by atoms with Gasteiger partial charge in [0.2, 0.25) is 0 Å². The fraction of sp³-hybridized carbons (Fsp3) is 0.500. The molecule has 1 aromatic carbocycles. The minimum atomic E-state index is -0.341. The molecule has 1 aromatic rings. The van der Waals surface area contributed by atoms with E-state index in [1.54, 1.807) is 0 Å². The highest BCUT2D eigenvalue weighted by Crippen LogP contribution is 2.39. The highest BCUT2D eigenvalue weighted by Gasteiger charge is 2.40. The summed E-state index contributed by atoms with van der Waals surface area (Å²) in [6, 6.07) is 7.60. The predicted molar refractivity (Wildman–Crippen MR) is 69.5 cm³/mol. The van der Waals surface area contributed by atoms with Crippen molar-refractivity contribution >= 4 is 17.6 Å². The van der Waals surface area contributed by atoms with Crippen LogP contribution in [0.3, 0.4) is 0 Å². The Kier molecular flexibility index (Phi) is 4.25. The molecule has 1 saturated carbocycles. The predicted octanol–water partition coefficient (Wildman–Crippen LogP) is 3.34. The van der Waals surface area contributed by atoms with Crippen molar-refractivity contribution in [2.24, 2.45) is 0 Å². The molecule has 0 bridgehead atoms. The van der Waals surface area contributed by atoms with E-state index in [0.29, 0.717) is 18.1 Å². The average Bonchev–Trinajstić information content (AvgIpc) is 2.34. The maximum Gasteiger partial charge on any atom is 0.308 e. The van der Waals surface area contributed by atoms with E-state index in [1.165, 1.54) is 7.11 Å². The zero-order chi connectivity index (χ0) is 13.0. The fourth-order valence-electron chi connectivity index (χ4n) is 2.12. The van der Waals surface area contributed by atoms with Gasteiger partial charge in [-0.3, -0.25) is 4.79 Å². The molecule has 2 rings (SSSR count). The van der Waals surface area contributed by atoms with E-state index in [1.807, 2.05) is 24.3 Å². The van der Waals surface area contributed by atoms with Crippen LogP contribution < -0.4 is 0 Å². The summed E-state index contributed by atoms with van der Waals surface area (Å²) in [6.45, 7) is 0.441. The van der Waals surface area contributed by atoms with Crippen molar-refractivity contribution in [2.75, 3.05) is 7.11 Å². The van der Waals surface area contributed by atoms with Crippen LogP contribution in [0.15, 0.2) is 24.3 Å². The van der Waals surface area contributed by atoms with Gasteiger partial charge in [-0.15, -0.1) is 0 Å². The molecule has 0 spiro atoms. The van der Waals surface area contributed by atoms with E-state index in [-0.39, 0.29) is 11.6 Å². The molecule has 0 aliphatic heterocycles. The summed E-state index contributed by atoms with van der Waals surface area (Å²) < 4.78 is 10.6. The van der Waals surface area contributed by atoms with Crippen LogP contribution in [0.2, 0.25) is 5.02 Å². The van der Waals surface area contributed by atoms with Gasteiger partial charge < -0.3 is 9.47 Å². The molecule has 0 amide bonds. The lowest BCUT2D eigenvalue weighted by atomic mass is 9.77. The van der Waals surface area contributed by atoms with Crippen LogP contribution in [0.5, 0.6) is 0 Å². The third-order valence-electron chi connectivity index (χ3n) is 3.45. The molecule has 18 heavy (non-hydrogen) atoms. The summed E-state index contributed by atoms with van der Waals surface area (Å²) >= 11 is 6.08. The van der Waals surface area contributed by atoms with Crippen molar-refractivity contribution in [1.29, 1.82) is 0 Å². The largest absolute Gasteiger partial charge is 0.469 e. The first kappa shape index (κ1) is 13.4. The maximum absolute atomic E-state index is 11.4. The van der Waals surface area contributed by atoms with Crippen molar-refractivity contribution in [1.82, 2.24) is 0 Å². The van der Waals surface area contributed by atoms with Crippen molar-refractivity contribution < 1.29 is 14.3 Å². The van der Waals surface area contributed by atoms with Gasteiger partial charge in [-0.1, -0.05) is 29.8 Å². The van der Waals surface area contributed by atoms with Crippen LogP contribution in [-0.2, 0) is 20.9 Å². The number of hydrogen-bond acceptors (Lipinski definition) is 3. The Morgan fingerprint density at radius 3 is 2.67 bits per heavy atom. The summed E-state index contributed by atoms with van der Waals surface area (Å²) in [6.07, 6.45) is 3.24. The summed E-state index contributed by atoms with van der Waals surface area (Å²) in [5.41, 5.74) is 0.613. The lowest BCUT2D eigenvalue weighted by molar-refractivity contribution is -0.159. The number of esters is 1. The molecule has 98 valence electrons. The Morgan fingerprint density at radius 1 is 1.39 bits per heavy atom. The van der Waals surface area contributed by atoms with Crippen LogP contribution in [0.1, 0.15) is 31.2 Å². The zero-order valence-corrected chi connectivity index (χ0v) is 11.2. The summed E-state index contributed by atoms with van der Waals surface area (Å²) in [4.78, 5) is 11.4. The van der Waals surface area contributed by atoms with E-state index >= 15 is 0 Å². The molecular weight excluding hydrogens is 252 g/mol. The quantitative estimate of drug-likeness (QED) is 0.769. The highest BCUT2D eigenvalue weighted by atomic mass is 35.5. The molecule has 1 aliphatic carbocycles. The second kappa shape index (κ2) is 5.72. The lowest BCUT2D eigenvalue weighted by Crippen LogP contribution is -2.42. The van der Waals surface area contributed by atoms with Gasteiger partial charge in [0, 0.05) is 5.02 Å². The minimum Gasteiger partial charge on any atom is -0.469 e. The van der Waals surface area contributed by atoms with Gasteiger partial charge >= 0.3 is 5.97 Å². The van der Waals surface area contributed by atoms with E-state index in [9.17, 15) is 4.79 Å². The van der Waals surface area contributed by atoms with Crippen LogP contribution in [0.25, 0.3) is 0 Å². The van der Waals surface area contributed by atoms with E-state index in [0.717, 1.165) is 24.8 Å². The van der Waals surface area contributed by atoms with E-state index in [2.05, 4.69) is 0 Å². The van der Waals surface area contributed by atoms with Crippen molar-refractivity contribution in [3.8, 4) is 0 Å². The van der Waals surface area contributed by atoms with Crippen molar-refractivity contribution in [3.63, 3.8) is 0 Å². The molecule has 0 aromatic heterocycles. The molecule has 0 N–H and O–H groups in total. The first-order chi connectivity index (χ1) is 8.65. The average molecular weight is 269 g/mol. The van der Waals surface area contributed by atoms with Gasteiger partial charge in [-0.25, -0.2) is 0 Å². The molecule has 0 radical (unpaired) electrons. The first-order valence-corrected chi connectivity index (χ1v) is 6.47. The Labute approximate surface area is 112 Å². The number of methoxy groups -OCH3 is 1. The molecule has 0 unspecified atom stereocenters. The number of carbonyl (C=O) groups excluding carboxylic acids is 1. The molecule has 0 atom stereocenters. The van der Waals surface area contributed by atoms with Gasteiger partial charge in [-0.2, -0.15) is 0 Å². The number of ether oxygens (including phenoxy) is 2. The van der Waals surface area contributed by atoms with Crippen molar-refractivity contribution in [2.45, 2.75) is 37.9 Å². The molecule has 4 heteroatoms. The van der Waals surface area contributed by atoms with E-state index < -0.39 is 0 Å². The van der Waals surface area contributed by atoms with Crippen LogP contribution >= 0.6 is 11.6 Å². The number of rotatable bonds is 5. The highest BCUT2D eigenvalue weighted by molar-refractivity contribution is 6.31. The molecule has 1 aliphatic rings. The Balaban J connectivity index is 1.95. The SMILES string of the molecule is COC(=O)CC1(OCc2ccccc2Cl)CCC1. The van der Waals surface area contributed by atoms with Gasteiger partial charge in [0.15, 0.2) is 0 Å². The third-order valence-corrected chi connectivity index (χ3v) is 3.82. The van der Waals surface area contributed by atoms with Gasteiger partial charge in [0.05, 0.1) is 25.7 Å². The number of carbonyl (C=O) groups is 1. The van der Waals surface area contributed by atoms with Gasteiger partial charge in [-0.05, 0) is 30.9 Å². The topological polar surface area (TPSA) is 35.5 Å². The second-order valence-corrected chi connectivity index (χ2v) is 5.08. The summed E-state index contributed by atoms with van der Waals surface area (Å²) in [5, 5.41) is 0.699. The Hall–Kier alpha value is -1.06. The monoisotopic (exact) mass is 268 g/mol. The normalized spacial score (nSPS) is 17.0. The molecular formula is C14H17ClO3. The molecule has 0 heterocycles. The van der Waals surface area contributed by atoms with Gasteiger partial charge in [0.25, 0.3) is 0 Å². The summed E-state index contributed by atoms with van der Waals surface area (Å²) in [5.74, 6) is -0.214. The number of hydrogen-bond donors (Lipinski definition) is 0. The zero-order valence-electron chi connectivity index (χ0n) is 10.4. The Morgan fingerprint density at radius 2 is 2.11 bits per heavy atom. The molecule has 0 saturated heterocycles. The van der Waals surface area contributed by atoms with Crippen LogP contribution in [0.4, 0.5) is 0 Å². The molecule has 3 nitrogen and oxygen atoms in total. The number of halogens is 1. The maximum atomic E-state index is 11.4. The van der Waals surface area contributed by atoms with Gasteiger partial charge in [0.1, 0.15) is 0 Å². The fourth-order valence-corrected chi connectivity index (χ4v) is 2.32. The third kappa shape index (κ3) is 3.03. The minimum absolute atomic E-state index is 0.214. The first-order valence-electron chi connectivity index (χ1n) is 6.09. The standard InChI is InChI=1S/C14H17ClO3/c1-17-13(16)9-14(7-4-8-14)18-10-11-5-2-3-6-12(11)15/h2-3,5-6H,4,7-10H2,1H3. The second-order valence-electron chi connectivity index (χ2n) is 4.67. The van der Waals surface area contributed by atoms with Crippen molar-refractivity contribution in [3.05, 3.63) is 34.9 Å². The van der Waals surface area contributed by atoms with Crippen LogP contribution in [0, 0.1) is 0 Å². The van der Waals surface area contributed by atoms with Crippen LogP contribution in [-0.4, -0.2) is 18.7 Å². The number of benzene rings is 1. The Bertz CT molecular complexity index is 427. The lowest BCUT2D eigenvalue weighted by Gasteiger charge is -2.40. The molecule has 1 fully saturated rings.